The fraction of sp³-hybridized carbons (Fsp3) is 0.333. The van der Waals surface area contributed by atoms with Gasteiger partial charge in [0.2, 0.25) is 0 Å². The zero-order valence-electron chi connectivity index (χ0n) is 11.7. The van der Waals surface area contributed by atoms with E-state index in [2.05, 4.69) is 30.3 Å². The molecule has 1 atom stereocenters. The first kappa shape index (κ1) is 13.2. The Labute approximate surface area is 120 Å². The smallest absolute Gasteiger partial charge is 0.136 e. The average Bonchev–Trinajstić information content (AvgIpc) is 2.53. The van der Waals surface area contributed by atoms with Crippen LogP contribution in [0.2, 0.25) is 0 Å². The Morgan fingerprint density at radius 3 is 2.55 bits per heavy atom. The van der Waals surface area contributed by atoms with E-state index in [1.807, 2.05) is 18.2 Å². The molecule has 0 aliphatic heterocycles. The van der Waals surface area contributed by atoms with Crippen molar-refractivity contribution in [2.45, 2.75) is 31.8 Å². The van der Waals surface area contributed by atoms with Gasteiger partial charge in [0, 0.05) is 6.54 Å². The number of rotatable bonds is 4. The van der Waals surface area contributed by atoms with Gasteiger partial charge in [-0.2, -0.15) is 0 Å². The van der Waals surface area contributed by atoms with Crippen molar-refractivity contribution in [1.29, 1.82) is 0 Å². The lowest BCUT2D eigenvalue weighted by Crippen LogP contribution is -2.19. The molecule has 0 aromatic heterocycles. The van der Waals surface area contributed by atoms with Crippen molar-refractivity contribution < 1.29 is 4.74 Å². The zero-order valence-corrected chi connectivity index (χ0v) is 11.7. The lowest BCUT2D eigenvalue weighted by Gasteiger charge is -2.23. The normalized spacial score (nSPS) is 15.4. The SMILES string of the molecule is NCC(Oc1cccc2c1CCCC2)c1ccccc1. The Bertz CT molecular complexity index is 565. The van der Waals surface area contributed by atoms with Gasteiger partial charge in [0.1, 0.15) is 11.9 Å². The largest absolute Gasteiger partial charge is 0.484 e. The molecule has 3 rings (SSSR count). The third-order valence-electron chi connectivity index (χ3n) is 4.01. The van der Waals surface area contributed by atoms with Gasteiger partial charge in [-0.1, -0.05) is 42.5 Å². The summed E-state index contributed by atoms with van der Waals surface area (Å²) in [6, 6.07) is 16.6. The van der Waals surface area contributed by atoms with Gasteiger partial charge < -0.3 is 10.5 Å². The molecule has 2 aromatic rings. The zero-order chi connectivity index (χ0) is 13.8. The summed E-state index contributed by atoms with van der Waals surface area (Å²) in [4.78, 5) is 0. The van der Waals surface area contributed by atoms with Crippen LogP contribution in [0.3, 0.4) is 0 Å². The van der Waals surface area contributed by atoms with E-state index in [1.54, 1.807) is 0 Å². The van der Waals surface area contributed by atoms with Crippen molar-refractivity contribution in [2.75, 3.05) is 6.54 Å². The molecule has 0 saturated heterocycles. The van der Waals surface area contributed by atoms with Crippen LogP contribution in [0.15, 0.2) is 48.5 Å². The quantitative estimate of drug-likeness (QED) is 0.917. The molecule has 104 valence electrons. The average molecular weight is 267 g/mol. The molecule has 0 bridgehead atoms. The van der Waals surface area contributed by atoms with E-state index in [-0.39, 0.29) is 6.10 Å². The summed E-state index contributed by atoms with van der Waals surface area (Å²) in [5.74, 6) is 1.02. The number of ether oxygens (including phenoxy) is 1. The molecular weight excluding hydrogens is 246 g/mol. The molecular formula is C18H21NO. The molecule has 0 amide bonds. The van der Waals surface area contributed by atoms with E-state index in [9.17, 15) is 0 Å². The highest BCUT2D eigenvalue weighted by molar-refractivity contribution is 5.42. The van der Waals surface area contributed by atoms with Crippen LogP contribution < -0.4 is 10.5 Å². The van der Waals surface area contributed by atoms with Crippen molar-refractivity contribution in [3.63, 3.8) is 0 Å². The van der Waals surface area contributed by atoms with Crippen molar-refractivity contribution in [1.82, 2.24) is 0 Å². The number of nitrogens with two attached hydrogens (primary N) is 1. The summed E-state index contributed by atoms with van der Waals surface area (Å²) in [5, 5.41) is 0. The van der Waals surface area contributed by atoms with E-state index < -0.39 is 0 Å². The summed E-state index contributed by atoms with van der Waals surface area (Å²) < 4.78 is 6.22. The summed E-state index contributed by atoms with van der Waals surface area (Å²) in [7, 11) is 0. The summed E-state index contributed by atoms with van der Waals surface area (Å²) >= 11 is 0. The first-order chi connectivity index (χ1) is 9.88. The lowest BCUT2D eigenvalue weighted by atomic mass is 9.91. The van der Waals surface area contributed by atoms with Crippen LogP contribution in [-0.2, 0) is 12.8 Å². The van der Waals surface area contributed by atoms with E-state index in [4.69, 9.17) is 10.5 Å². The molecule has 0 fully saturated rings. The van der Waals surface area contributed by atoms with Gasteiger partial charge in [-0.3, -0.25) is 0 Å². The molecule has 1 aliphatic carbocycles. The summed E-state index contributed by atoms with van der Waals surface area (Å²) in [5.41, 5.74) is 9.87. The van der Waals surface area contributed by atoms with E-state index >= 15 is 0 Å². The van der Waals surface area contributed by atoms with Crippen LogP contribution in [0.1, 0.15) is 35.6 Å². The molecule has 2 heteroatoms. The molecule has 1 unspecified atom stereocenters. The summed E-state index contributed by atoms with van der Waals surface area (Å²) in [6.45, 7) is 0.494. The minimum atomic E-state index is -0.0652. The second-order valence-electron chi connectivity index (χ2n) is 5.35. The Balaban J connectivity index is 1.87. The predicted molar refractivity (Wildman–Crippen MR) is 81.9 cm³/mol. The highest BCUT2D eigenvalue weighted by atomic mass is 16.5. The van der Waals surface area contributed by atoms with Gasteiger partial charge in [-0.15, -0.1) is 0 Å². The van der Waals surface area contributed by atoms with Gasteiger partial charge >= 0.3 is 0 Å². The second kappa shape index (κ2) is 6.10. The molecule has 0 saturated carbocycles. The minimum Gasteiger partial charge on any atom is -0.484 e. The van der Waals surface area contributed by atoms with E-state index in [0.717, 1.165) is 17.7 Å². The van der Waals surface area contributed by atoms with Crippen LogP contribution in [-0.4, -0.2) is 6.54 Å². The number of benzene rings is 2. The van der Waals surface area contributed by atoms with Gasteiger partial charge in [-0.25, -0.2) is 0 Å². The van der Waals surface area contributed by atoms with Crippen molar-refractivity contribution >= 4 is 0 Å². The van der Waals surface area contributed by atoms with E-state index in [0.29, 0.717) is 6.54 Å². The Morgan fingerprint density at radius 1 is 0.950 bits per heavy atom. The summed E-state index contributed by atoms with van der Waals surface area (Å²) in [6.07, 6.45) is 4.77. The van der Waals surface area contributed by atoms with Crippen LogP contribution in [0.25, 0.3) is 0 Å². The Kier molecular flexibility index (Phi) is 4.03. The Morgan fingerprint density at radius 2 is 1.75 bits per heavy atom. The van der Waals surface area contributed by atoms with Gasteiger partial charge in [0.25, 0.3) is 0 Å². The molecule has 2 N–H and O–H groups in total. The standard InChI is InChI=1S/C18H21NO/c19-13-18(15-8-2-1-3-9-15)20-17-12-6-10-14-7-4-5-11-16(14)17/h1-3,6,8-10,12,18H,4-5,7,11,13,19H2. The topological polar surface area (TPSA) is 35.2 Å². The lowest BCUT2D eigenvalue weighted by molar-refractivity contribution is 0.211. The molecule has 2 aromatic carbocycles. The maximum Gasteiger partial charge on any atom is 0.136 e. The fourth-order valence-corrected chi connectivity index (χ4v) is 2.93. The minimum absolute atomic E-state index is 0.0652. The fourth-order valence-electron chi connectivity index (χ4n) is 2.93. The first-order valence-corrected chi connectivity index (χ1v) is 7.41. The van der Waals surface area contributed by atoms with E-state index in [1.165, 1.54) is 30.4 Å². The molecule has 0 radical (unpaired) electrons. The van der Waals surface area contributed by atoms with Crippen LogP contribution in [0.4, 0.5) is 0 Å². The number of hydrogen-bond donors (Lipinski definition) is 1. The monoisotopic (exact) mass is 267 g/mol. The predicted octanol–water partition coefficient (Wildman–Crippen LogP) is 3.64. The van der Waals surface area contributed by atoms with Gasteiger partial charge in [-0.05, 0) is 48.4 Å². The number of aryl methyl sites for hydroxylation is 1. The highest BCUT2D eigenvalue weighted by Crippen LogP contribution is 2.32. The maximum atomic E-state index is 6.22. The van der Waals surface area contributed by atoms with Gasteiger partial charge in [0.05, 0.1) is 0 Å². The number of fused-ring (bicyclic) bond motifs is 1. The Hall–Kier alpha value is -1.80. The van der Waals surface area contributed by atoms with Crippen molar-refractivity contribution in [2.24, 2.45) is 5.73 Å². The molecule has 20 heavy (non-hydrogen) atoms. The van der Waals surface area contributed by atoms with Crippen LogP contribution >= 0.6 is 0 Å². The number of hydrogen-bond acceptors (Lipinski definition) is 2. The molecule has 0 spiro atoms. The third kappa shape index (κ3) is 2.70. The van der Waals surface area contributed by atoms with Gasteiger partial charge in [0.15, 0.2) is 0 Å². The third-order valence-corrected chi connectivity index (χ3v) is 4.01. The maximum absolute atomic E-state index is 6.22. The van der Waals surface area contributed by atoms with Crippen LogP contribution in [0, 0.1) is 0 Å². The highest BCUT2D eigenvalue weighted by Gasteiger charge is 2.17. The van der Waals surface area contributed by atoms with Crippen LogP contribution in [0.5, 0.6) is 5.75 Å². The molecule has 0 heterocycles. The molecule has 2 nitrogen and oxygen atoms in total. The van der Waals surface area contributed by atoms with Crippen molar-refractivity contribution in [3.8, 4) is 5.75 Å². The van der Waals surface area contributed by atoms with Crippen molar-refractivity contribution in [3.05, 3.63) is 65.2 Å². The molecule has 1 aliphatic rings. The first-order valence-electron chi connectivity index (χ1n) is 7.41. The second-order valence-corrected chi connectivity index (χ2v) is 5.35.